The molecule has 1 amide bonds. The predicted molar refractivity (Wildman–Crippen MR) is 48.8 cm³/mol. The summed E-state index contributed by atoms with van der Waals surface area (Å²) in [5.41, 5.74) is -0.266. The average Bonchev–Trinajstić information content (AvgIpc) is 2.43. The van der Waals surface area contributed by atoms with Crippen LogP contribution in [0.15, 0.2) is 0 Å². The van der Waals surface area contributed by atoms with Crippen LogP contribution in [0.5, 0.6) is 0 Å². The largest absolute Gasteiger partial charge is 0.474 e. The Morgan fingerprint density at radius 1 is 1.50 bits per heavy atom. The van der Waals surface area contributed by atoms with Crippen LogP contribution in [-0.4, -0.2) is 47.2 Å². The lowest BCUT2D eigenvalue weighted by molar-refractivity contribution is -0.156. The molecule has 0 radical (unpaired) electrons. The first-order valence-electron chi connectivity index (χ1n) is 4.47. The van der Waals surface area contributed by atoms with E-state index in [2.05, 4.69) is 0 Å². The van der Waals surface area contributed by atoms with Gasteiger partial charge in [0.25, 0.3) is 0 Å². The predicted octanol–water partition coefficient (Wildman–Crippen LogP) is 0.0969. The Hall–Kier alpha value is -1.10. The van der Waals surface area contributed by atoms with Crippen molar-refractivity contribution in [2.45, 2.75) is 31.9 Å². The molecule has 1 rings (SSSR count). The fourth-order valence-electron chi connectivity index (χ4n) is 1.57. The third kappa shape index (κ3) is 2.23. The number of likely N-dealkylation sites (N-methyl/N-ethyl adjacent to an activating group) is 1. The molecular formula is C9H15NO4. The molecule has 0 aromatic heterocycles. The van der Waals surface area contributed by atoms with Crippen LogP contribution in [0.25, 0.3) is 0 Å². The van der Waals surface area contributed by atoms with Gasteiger partial charge in [-0.1, -0.05) is 0 Å². The van der Waals surface area contributed by atoms with Gasteiger partial charge in [-0.25, -0.2) is 4.79 Å². The van der Waals surface area contributed by atoms with Gasteiger partial charge < -0.3 is 14.7 Å². The molecule has 0 bridgehead atoms. The summed E-state index contributed by atoms with van der Waals surface area (Å²) in [4.78, 5) is 22.8. The summed E-state index contributed by atoms with van der Waals surface area (Å²) in [6, 6.07) is -0.131. The number of rotatable bonds is 1. The molecule has 14 heavy (non-hydrogen) atoms. The van der Waals surface area contributed by atoms with Gasteiger partial charge >= 0.3 is 11.9 Å². The number of nitrogens with zero attached hydrogens (tertiary/aromatic N) is 1. The third-order valence-corrected chi connectivity index (χ3v) is 2.44. The molecular weight excluding hydrogens is 186 g/mol. The van der Waals surface area contributed by atoms with Crippen LogP contribution < -0.4 is 0 Å². The van der Waals surface area contributed by atoms with Crippen molar-refractivity contribution in [3.8, 4) is 0 Å². The maximum absolute atomic E-state index is 11.1. The first-order chi connectivity index (χ1) is 6.33. The summed E-state index contributed by atoms with van der Waals surface area (Å²) in [6.07, 6.45) is 0.669. The summed E-state index contributed by atoms with van der Waals surface area (Å²) < 4.78 is 5.42. The van der Waals surface area contributed by atoms with E-state index in [4.69, 9.17) is 9.84 Å². The van der Waals surface area contributed by atoms with Crippen LogP contribution in [-0.2, 0) is 14.3 Å². The lowest BCUT2D eigenvalue weighted by Crippen LogP contribution is -2.41. The van der Waals surface area contributed by atoms with Gasteiger partial charge in [0.05, 0.1) is 18.2 Å². The second-order valence-corrected chi connectivity index (χ2v) is 4.15. The Morgan fingerprint density at radius 3 is 2.43 bits per heavy atom. The fourth-order valence-corrected chi connectivity index (χ4v) is 1.57. The molecule has 0 aliphatic carbocycles. The van der Waals surface area contributed by atoms with Crippen LogP contribution in [0, 0.1) is 0 Å². The fraction of sp³-hybridized carbons (Fsp3) is 0.778. The van der Waals surface area contributed by atoms with Crippen molar-refractivity contribution in [2.75, 3.05) is 13.7 Å². The molecule has 1 unspecified atom stereocenters. The molecule has 1 fully saturated rings. The summed E-state index contributed by atoms with van der Waals surface area (Å²) in [5.74, 6) is -2.30. The molecule has 5 heteroatoms. The second-order valence-electron chi connectivity index (χ2n) is 4.15. The van der Waals surface area contributed by atoms with Gasteiger partial charge in [-0.05, 0) is 20.3 Å². The normalized spacial score (nSPS) is 24.6. The topological polar surface area (TPSA) is 66.8 Å². The minimum absolute atomic E-state index is 0.131. The van der Waals surface area contributed by atoms with E-state index >= 15 is 0 Å². The highest BCUT2D eigenvalue weighted by molar-refractivity contribution is 6.31. The monoisotopic (exact) mass is 201 g/mol. The number of carbonyl (C=O) groups excluding carboxylic acids is 1. The van der Waals surface area contributed by atoms with Gasteiger partial charge in [-0.3, -0.25) is 4.79 Å². The minimum atomic E-state index is -1.42. The van der Waals surface area contributed by atoms with Crippen molar-refractivity contribution in [2.24, 2.45) is 0 Å². The highest BCUT2D eigenvalue weighted by Crippen LogP contribution is 2.27. The van der Waals surface area contributed by atoms with E-state index in [9.17, 15) is 9.59 Å². The third-order valence-electron chi connectivity index (χ3n) is 2.44. The number of amides is 1. The van der Waals surface area contributed by atoms with Crippen molar-refractivity contribution >= 4 is 11.9 Å². The first-order valence-corrected chi connectivity index (χ1v) is 4.47. The van der Waals surface area contributed by atoms with Gasteiger partial charge in [0.15, 0.2) is 0 Å². The maximum atomic E-state index is 11.1. The van der Waals surface area contributed by atoms with Gasteiger partial charge in [-0.2, -0.15) is 0 Å². The van der Waals surface area contributed by atoms with Crippen LogP contribution in [0.1, 0.15) is 20.3 Å². The van der Waals surface area contributed by atoms with E-state index in [0.717, 1.165) is 0 Å². The molecule has 1 saturated heterocycles. The highest BCUT2D eigenvalue weighted by atomic mass is 16.5. The van der Waals surface area contributed by atoms with Crippen molar-refractivity contribution in [3.63, 3.8) is 0 Å². The van der Waals surface area contributed by atoms with E-state index in [1.165, 1.54) is 11.9 Å². The number of hydrogen-bond acceptors (Lipinski definition) is 3. The number of ether oxygens (including phenoxy) is 1. The van der Waals surface area contributed by atoms with Gasteiger partial charge in [-0.15, -0.1) is 0 Å². The minimum Gasteiger partial charge on any atom is -0.474 e. The molecule has 1 heterocycles. The molecule has 1 atom stereocenters. The van der Waals surface area contributed by atoms with E-state index in [1.54, 1.807) is 0 Å². The summed E-state index contributed by atoms with van der Waals surface area (Å²) in [6.45, 7) is 4.25. The summed E-state index contributed by atoms with van der Waals surface area (Å²) in [7, 11) is 1.49. The first kappa shape index (κ1) is 11.0. The molecule has 80 valence electrons. The van der Waals surface area contributed by atoms with Gasteiger partial charge in [0, 0.05) is 7.05 Å². The van der Waals surface area contributed by atoms with Crippen molar-refractivity contribution in [1.82, 2.24) is 4.90 Å². The standard InChI is InChI=1S/C9H15NO4/c1-9(2)4-6(5-14-9)10(3)7(11)8(12)13/h6H,4-5H2,1-3H3,(H,12,13). The zero-order chi connectivity index (χ0) is 10.9. The molecule has 5 nitrogen and oxygen atoms in total. The van der Waals surface area contributed by atoms with E-state index in [-0.39, 0.29) is 11.6 Å². The molecule has 0 spiro atoms. The highest BCUT2D eigenvalue weighted by Gasteiger charge is 2.37. The molecule has 0 aromatic carbocycles. The molecule has 0 saturated carbocycles. The Morgan fingerprint density at radius 2 is 2.07 bits per heavy atom. The maximum Gasteiger partial charge on any atom is 0.394 e. The Kier molecular flexibility index (Phi) is 2.80. The van der Waals surface area contributed by atoms with Crippen LogP contribution in [0.3, 0.4) is 0 Å². The van der Waals surface area contributed by atoms with Crippen molar-refractivity contribution in [3.05, 3.63) is 0 Å². The SMILES string of the molecule is CN(C(=O)C(=O)O)C1COC(C)(C)C1. The van der Waals surface area contributed by atoms with Crippen LogP contribution >= 0.6 is 0 Å². The van der Waals surface area contributed by atoms with E-state index in [0.29, 0.717) is 13.0 Å². The number of aliphatic carboxylic acids is 1. The number of carboxylic acid groups (broad SMARTS) is 1. The average molecular weight is 201 g/mol. The van der Waals surface area contributed by atoms with Gasteiger partial charge in [0.1, 0.15) is 0 Å². The van der Waals surface area contributed by atoms with Crippen LogP contribution in [0.4, 0.5) is 0 Å². The molecule has 1 aliphatic heterocycles. The number of carboxylic acids is 1. The Labute approximate surface area is 82.6 Å². The van der Waals surface area contributed by atoms with E-state index in [1.807, 2.05) is 13.8 Å². The van der Waals surface area contributed by atoms with Crippen molar-refractivity contribution < 1.29 is 19.4 Å². The second kappa shape index (κ2) is 3.57. The van der Waals surface area contributed by atoms with Crippen molar-refractivity contribution in [1.29, 1.82) is 0 Å². The molecule has 1 N–H and O–H groups in total. The number of hydrogen-bond donors (Lipinski definition) is 1. The molecule has 0 aromatic rings. The zero-order valence-electron chi connectivity index (χ0n) is 8.61. The summed E-state index contributed by atoms with van der Waals surface area (Å²) in [5, 5.41) is 8.51. The molecule has 1 aliphatic rings. The van der Waals surface area contributed by atoms with Crippen LogP contribution in [0.2, 0.25) is 0 Å². The Bertz CT molecular complexity index is 262. The smallest absolute Gasteiger partial charge is 0.394 e. The summed E-state index contributed by atoms with van der Waals surface area (Å²) >= 11 is 0. The number of carbonyl (C=O) groups is 2. The lowest BCUT2D eigenvalue weighted by Gasteiger charge is -2.22. The van der Waals surface area contributed by atoms with Gasteiger partial charge in [0.2, 0.25) is 0 Å². The Balaban J connectivity index is 2.60. The lowest BCUT2D eigenvalue weighted by atomic mass is 10.0. The zero-order valence-corrected chi connectivity index (χ0v) is 8.61. The van der Waals surface area contributed by atoms with E-state index < -0.39 is 11.9 Å². The quantitative estimate of drug-likeness (QED) is 0.611.